The lowest BCUT2D eigenvalue weighted by Crippen LogP contribution is -2.48. The summed E-state index contributed by atoms with van der Waals surface area (Å²) in [5, 5.41) is 9.90. The van der Waals surface area contributed by atoms with Crippen LogP contribution in [0.1, 0.15) is 49.1 Å². The SMILES string of the molecule is C[C@@H]1Cc2cc(-c3cnc4ccccc4c3)ccc2[C@@H](c2c(F)cc(/C=C/C(=O)O)cc2F)N1CC(C)(C)F. The van der Waals surface area contributed by atoms with Crippen LogP contribution in [0.3, 0.4) is 0 Å². The molecule has 4 aromatic rings. The number of hydrogen-bond donors (Lipinski definition) is 1. The average molecular weight is 531 g/mol. The zero-order valence-corrected chi connectivity index (χ0v) is 22.0. The zero-order chi connectivity index (χ0) is 27.9. The van der Waals surface area contributed by atoms with Crippen molar-refractivity contribution in [1.82, 2.24) is 9.88 Å². The molecular weight excluding hydrogens is 501 g/mol. The third-order valence-corrected chi connectivity index (χ3v) is 7.13. The Labute approximate surface area is 225 Å². The van der Waals surface area contributed by atoms with Crippen LogP contribution in [0.5, 0.6) is 0 Å². The van der Waals surface area contributed by atoms with Gasteiger partial charge in [0, 0.05) is 41.4 Å². The Bertz CT molecular complexity index is 1570. The van der Waals surface area contributed by atoms with Gasteiger partial charge >= 0.3 is 5.97 Å². The monoisotopic (exact) mass is 530 g/mol. The molecule has 39 heavy (non-hydrogen) atoms. The van der Waals surface area contributed by atoms with E-state index in [9.17, 15) is 9.18 Å². The lowest BCUT2D eigenvalue weighted by Gasteiger charge is -2.44. The van der Waals surface area contributed by atoms with Gasteiger partial charge in [0.1, 0.15) is 17.3 Å². The third kappa shape index (κ3) is 5.59. The average Bonchev–Trinajstić information content (AvgIpc) is 2.87. The van der Waals surface area contributed by atoms with Crippen LogP contribution >= 0.6 is 0 Å². The van der Waals surface area contributed by atoms with Crippen molar-refractivity contribution in [1.29, 1.82) is 0 Å². The van der Waals surface area contributed by atoms with Crippen molar-refractivity contribution in [2.75, 3.05) is 6.54 Å². The molecule has 0 radical (unpaired) electrons. The molecule has 200 valence electrons. The fraction of sp³-hybridized carbons (Fsp3) is 0.250. The molecule has 4 nitrogen and oxygen atoms in total. The first-order valence-electron chi connectivity index (χ1n) is 12.8. The number of alkyl halides is 1. The van der Waals surface area contributed by atoms with Gasteiger partial charge in [0.05, 0.1) is 11.6 Å². The molecule has 0 saturated carbocycles. The molecule has 0 saturated heterocycles. The molecule has 0 bridgehead atoms. The topological polar surface area (TPSA) is 53.4 Å². The van der Waals surface area contributed by atoms with E-state index in [4.69, 9.17) is 5.11 Å². The van der Waals surface area contributed by atoms with Crippen molar-refractivity contribution in [3.05, 3.63) is 107 Å². The number of hydrogen-bond acceptors (Lipinski definition) is 3. The molecule has 2 heterocycles. The van der Waals surface area contributed by atoms with Crippen LogP contribution in [0.15, 0.2) is 72.9 Å². The smallest absolute Gasteiger partial charge is 0.328 e. The number of carbonyl (C=O) groups is 1. The number of carboxylic acid groups (broad SMARTS) is 1. The number of aliphatic carboxylic acids is 1. The number of fused-ring (bicyclic) bond motifs is 2. The Balaban J connectivity index is 1.63. The fourth-order valence-electron chi connectivity index (χ4n) is 5.46. The molecule has 1 aliphatic rings. The van der Waals surface area contributed by atoms with Crippen LogP contribution in [0, 0.1) is 11.6 Å². The van der Waals surface area contributed by atoms with E-state index in [2.05, 4.69) is 11.1 Å². The van der Waals surface area contributed by atoms with Crippen molar-refractivity contribution >= 4 is 22.9 Å². The summed E-state index contributed by atoms with van der Waals surface area (Å²) in [6.07, 6.45) is 4.36. The maximum Gasteiger partial charge on any atom is 0.328 e. The number of nitrogens with zero attached hydrogens (tertiary/aromatic N) is 2. The minimum Gasteiger partial charge on any atom is -0.478 e. The second-order valence-corrected chi connectivity index (χ2v) is 10.7. The summed E-state index contributed by atoms with van der Waals surface area (Å²) in [5.41, 5.74) is 2.72. The van der Waals surface area contributed by atoms with Crippen LogP contribution in [-0.2, 0) is 11.2 Å². The molecule has 0 fully saturated rings. The number of rotatable bonds is 6. The van der Waals surface area contributed by atoms with Gasteiger partial charge in [-0.15, -0.1) is 0 Å². The molecular formula is C32H29F3N2O2. The minimum absolute atomic E-state index is 0.0197. The first kappa shape index (κ1) is 26.6. The van der Waals surface area contributed by atoms with E-state index in [1.54, 1.807) is 0 Å². The van der Waals surface area contributed by atoms with Crippen molar-refractivity contribution in [2.24, 2.45) is 0 Å². The van der Waals surface area contributed by atoms with Crippen LogP contribution < -0.4 is 0 Å². The summed E-state index contributed by atoms with van der Waals surface area (Å²) in [5.74, 6) is -2.84. The maximum absolute atomic E-state index is 15.6. The maximum atomic E-state index is 15.6. The normalized spacial score (nSPS) is 18.0. The highest BCUT2D eigenvalue weighted by atomic mass is 19.1. The van der Waals surface area contributed by atoms with Gasteiger partial charge in [-0.25, -0.2) is 18.0 Å². The highest BCUT2D eigenvalue weighted by Crippen LogP contribution is 2.42. The van der Waals surface area contributed by atoms with Gasteiger partial charge in [-0.3, -0.25) is 9.88 Å². The first-order valence-corrected chi connectivity index (χ1v) is 12.8. The Morgan fingerprint density at radius 3 is 2.49 bits per heavy atom. The van der Waals surface area contributed by atoms with E-state index in [1.807, 2.05) is 60.5 Å². The molecule has 0 aliphatic carbocycles. The predicted molar refractivity (Wildman–Crippen MR) is 147 cm³/mol. The number of pyridine rings is 1. The summed E-state index contributed by atoms with van der Waals surface area (Å²) in [6.45, 7) is 4.82. The molecule has 2 atom stereocenters. The van der Waals surface area contributed by atoms with Crippen molar-refractivity contribution in [3.8, 4) is 11.1 Å². The fourth-order valence-corrected chi connectivity index (χ4v) is 5.46. The standard InChI is InChI=1S/C32H29F3N2O2/c1-19-12-23-15-21(24-16-22-6-4-5-7-28(22)36-17-24)9-10-25(23)31(37(19)18-32(2,3)35)30-26(33)13-20(14-27(30)34)8-11-29(38)39/h4-11,13-17,19,31H,12,18H2,1-3H3,(H,38,39)/b11-8+/t19-,31+/m1/s1. The predicted octanol–water partition coefficient (Wildman–Crippen LogP) is 7.36. The van der Waals surface area contributed by atoms with E-state index < -0.39 is 29.3 Å². The molecule has 0 unspecified atom stereocenters. The summed E-state index contributed by atoms with van der Waals surface area (Å²) in [4.78, 5) is 17.3. The number of para-hydroxylation sites is 1. The summed E-state index contributed by atoms with van der Waals surface area (Å²) >= 11 is 0. The van der Waals surface area contributed by atoms with E-state index in [-0.39, 0.29) is 23.7 Å². The Morgan fingerprint density at radius 2 is 1.79 bits per heavy atom. The van der Waals surface area contributed by atoms with Crippen molar-refractivity contribution in [3.63, 3.8) is 0 Å². The Kier molecular flexibility index (Phi) is 7.03. The molecule has 7 heteroatoms. The summed E-state index contributed by atoms with van der Waals surface area (Å²) < 4.78 is 46.1. The van der Waals surface area contributed by atoms with Gasteiger partial charge in [-0.2, -0.15) is 0 Å². The Hall–Kier alpha value is -3.97. The Morgan fingerprint density at radius 1 is 1.08 bits per heavy atom. The molecule has 0 spiro atoms. The molecule has 3 aromatic carbocycles. The van der Waals surface area contributed by atoms with E-state index in [1.165, 1.54) is 13.8 Å². The van der Waals surface area contributed by atoms with Gasteiger partial charge < -0.3 is 5.11 Å². The van der Waals surface area contributed by atoms with Crippen LogP contribution in [-0.4, -0.2) is 39.2 Å². The van der Waals surface area contributed by atoms with Crippen molar-refractivity contribution in [2.45, 2.75) is 44.9 Å². The third-order valence-electron chi connectivity index (χ3n) is 7.13. The molecule has 5 rings (SSSR count). The number of aromatic nitrogens is 1. The summed E-state index contributed by atoms with van der Waals surface area (Å²) in [6, 6.07) is 16.9. The quantitative estimate of drug-likeness (QED) is 0.265. The highest BCUT2D eigenvalue weighted by Gasteiger charge is 2.39. The number of halogens is 3. The molecule has 1 N–H and O–H groups in total. The largest absolute Gasteiger partial charge is 0.478 e. The van der Waals surface area contributed by atoms with Gasteiger partial charge in [-0.05, 0) is 79.8 Å². The highest BCUT2D eigenvalue weighted by molar-refractivity contribution is 5.85. The van der Waals surface area contributed by atoms with Gasteiger partial charge in [0.15, 0.2) is 0 Å². The van der Waals surface area contributed by atoms with Gasteiger partial charge in [0.25, 0.3) is 0 Å². The van der Waals surface area contributed by atoms with Crippen LogP contribution in [0.4, 0.5) is 13.2 Å². The second-order valence-electron chi connectivity index (χ2n) is 10.7. The molecule has 0 amide bonds. The zero-order valence-electron chi connectivity index (χ0n) is 22.0. The molecule has 1 aliphatic heterocycles. The minimum atomic E-state index is -1.60. The lowest BCUT2D eigenvalue weighted by molar-refractivity contribution is -0.131. The number of benzene rings is 3. The second kappa shape index (κ2) is 10.3. The summed E-state index contributed by atoms with van der Waals surface area (Å²) in [7, 11) is 0. The van der Waals surface area contributed by atoms with E-state index in [0.717, 1.165) is 51.9 Å². The molecule has 1 aromatic heterocycles. The first-order chi connectivity index (χ1) is 18.5. The van der Waals surface area contributed by atoms with Crippen molar-refractivity contribution < 1.29 is 23.1 Å². The van der Waals surface area contributed by atoms with Crippen LogP contribution in [0.25, 0.3) is 28.1 Å². The lowest BCUT2D eigenvalue weighted by atomic mass is 9.82. The van der Waals surface area contributed by atoms with Gasteiger partial charge in [0.2, 0.25) is 0 Å². The van der Waals surface area contributed by atoms with E-state index in [0.29, 0.717) is 12.0 Å². The number of carboxylic acids is 1. The van der Waals surface area contributed by atoms with E-state index >= 15 is 8.78 Å². The van der Waals surface area contributed by atoms with Gasteiger partial charge in [-0.1, -0.05) is 36.4 Å². The van der Waals surface area contributed by atoms with Crippen LogP contribution in [0.2, 0.25) is 0 Å².